The summed E-state index contributed by atoms with van der Waals surface area (Å²) in [6, 6.07) is 4.28. The summed E-state index contributed by atoms with van der Waals surface area (Å²) >= 11 is 0. The first kappa shape index (κ1) is 12.4. The van der Waals surface area contributed by atoms with Crippen LogP contribution in [0.5, 0.6) is 0 Å². The summed E-state index contributed by atoms with van der Waals surface area (Å²) < 4.78 is 0. The molecular weight excluding hydrogens is 210 g/mol. The molecule has 1 aromatic heterocycles. The highest BCUT2D eigenvalue weighted by Crippen LogP contribution is 2.22. The molecular formula is C14H23N3. The van der Waals surface area contributed by atoms with Gasteiger partial charge in [-0.15, -0.1) is 0 Å². The van der Waals surface area contributed by atoms with Crippen molar-refractivity contribution in [1.82, 2.24) is 10.3 Å². The lowest BCUT2D eigenvalue weighted by molar-refractivity contribution is 0.516. The molecule has 1 atom stereocenters. The van der Waals surface area contributed by atoms with E-state index in [-0.39, 0.29) is 0 Å². The van der Waals surface area contributed by atoms with E-state index in [4.69, 9.17) is 0 Å². The predicted octanol–water partition coefficient (Wildman–Crippen LogP) is 2.22. The van der Waals surface area contributed by atoms with Gasteiger partial charge in [-0.25, -0.2) is 0 Å². The van der Waals surface area contributed by atoms with Crippen LogP contribution in [0.3, 0.4) is 0 Å². The molecule has 3 heteroatoms. The van der Waals surface area contributed by atoms with Gasteiger partial charge in [0.15, 0.2) is 0 Å². The fraction of sp³-hybridized carbons (Fsp3) is 0.643. The van der Waals surface area contributed by atoms with Gasteiger partial charge in [0.05, 0.1) is 11.9 Å². The second-order valence-corrected chi connectivity index (χ2v) is 4.96. The smallest absolute Gasteiger partial charge is 0.0553 e. The monoisotopic (exact) mass is 233 g/mol. The van der Waals surface area contributed by atoms with E-state index in [9.17, 15) is 0 Å². The summed E-state index contributed by atoms with van der Waals surface area (Å²) in [6.07, 6.45) is 4.51. The maximum Gasteiger partial charge on any atom is 0.0553 e. The maximum atomic E-state index is 4.37. The molecule has 2 heterocycles. The van der Waals surface area contributed by atoms with E-state index in [1.807, 2.05) is 13.1 Å². The van der Waals surface area contributed by atoms with Gasteiger partial charge in [0.25, 0.3) is 0 Å². The zero-order valence-electron chi connectivity index (χ0n) is 10.9. The average Bonchev–Trinajstić information content (AvgIpc) is 2.79. The number of rotatable bonds is 5. The largest absolute Gasteiger partial charge is 0.370 e. The minimum Gasteiger partial charge on any atom is -0.370 e. The summed E-state index contributed by atoms with van der Waals surface area (Å²) in [7, 11) is 0. The Morgan fingerprint density at radius 2 is 2.35 bits per heavy atom. The van der Waals surface area contributed by atoms with Crippen LogP contribution < -0.4 is 10.2 Å². The molecule has 1 unspecified atom stereocenters. The van der Waals surface area contributed by atoms with Crippen molar-refractivity contribution >= 4 is 5.69 Å². The third-order valence-corrected chi connectivity index (χ3v) is 3.41. The van der Waals surface area contributed by atoms with Crippen molar-refractivity contribution in [1.29, 1.82) is 0 Å². The molecule has 0 bridgehead atoms. The normalized spacial score (nSPS) is 19.9. The fourth-order valence-corrected chi connectivity index (χ4v) is 2.36. The standard InChI is InChI=1S/C14H23N3/c1-3-7-15-9-13-6-8-17(11-13)14-5-4-12(2)16-10-14/h4-5,10,13,15H,3,6-9,11H2,1-2H3. The molecule has 1 aliphatic rings. The number of hydrogen-bond acceptors (Lipinski definition) is 3. The van der Waals surface area contributed by atoms with Gasteiger partial charge in [0.1, 0.15) is 0 Å². The Balaban J connectivity index is 1.83. The van der Waals surface area contributed by atoms with Gasteiger partial charge >= 0.3 is 0 Å². The van der Waals surface area contributed by atoms with Crippen LogP contribution in [0.25, 0.3) is 0 Å². The molecule has 0 saturated carbocycles. The van der Waals surface area contributed by atoms with Crippen LogP contribution in [-0.2, 0) is 0 Å². The second-order valence-electron chi connectivity index (χ2n) is 4.96. The first-order valence-corrected chi connectivity index (χ1v) is 6.68. The molecule has 1 fully saturated rings. The van der Waals surface area contributed by atoms with Crippen LogP contribution in [0, 0.1) is 12.8 Å². The zero-order chi connectivity index (χ0) is 12.1. The molecule has 94 valence electrons. The quantitative estimate of drug-likeness (QED) is 0.790. The molecule has 0 aromatic carbocycles. The molecule has 17 heavy (non-hydrogen) atoms. The van der Waals surface area contributed by atoms with Crippen LogP contribution in [0.2, 0.25) is 0 Å². The van der Waals surface area contributed by atoms with E-state index >= 15 is 0 Å². The topological polar surface area (TPSA) is 28.2 Å². The maximum absolute atomic E-state index is 4.37. The molecule has 0 spiro atoms. The number of pyridine rings is 1. The highest BCUT2D eigenvalue weighted by molar-refractivity contribution is 5.45. The van der Waals surface area contributed by atoms with Crippen molar-refractivity contribution in [2.75, 3.05) is 31.1 Å². The van der Waals surface area contributed by atoms with Crippen molar-refractivity contribution in [2.45, 2.75) is 26.7 Å². The van der Waals surface area contributed by atoms with Gasteiger partial charge in [-0.3, -0.25) is 4.98 Å². The lowest BCUT2D eigenvalue weighted by atomic mass is 10.1. The average molecular weight is 233 g/mol. The fourth-order valence-electron chi connectivity index (χ4n) is 2.36. The molecule has 1 saturated heterocycles. The van der Waals surface area contributed by atoms with Crippen LogP contribution >= 0.6 is 0 Å². The van der Waals surface area contributed by atoms with E-state index in [0.29, 0.717) is 0 Å². The van der Waals surface area contributed by atoms with Crippen molar-refractivity contribution in [3.63, 3.8) is 0 Å². The van der Waals surface area contributed by atoms with E-state index in [0.717, 1.165) is 24.7 Å². The molecule has 0 amide bonds. The number of nitrogens with one attached hydrogen (secondary N) is 1. The number of hydrogen-bond donors (Lipinski definition) is 1. The van der Waals surface area contributed by atoms with E-state index in [1.54, 1.807) is 0 Å². The minimum absolute atomic E-state index is 0.794. The van der Waals surface area contributed by atoms with Crippen molar-refractivity contribution in [3.8, 4) is 0 Å². The number of aromatic nitrogens is 1. The van der Waals surface area contributed by atoms with Gasteiger partial charge in [0.2, 0.25) is 0 Å². The lowest BCUT2D eigenvalue weighted by Gasteiger charge is -2.18. The van der Waals surface area contributed by atoms with Crippen LogP contribution in [0.15, 0.2) is 18.3 Å². The Morgan fingerprint density at radius 1 is 1.47 bits per heavy atom. The van der Waals surface area contributed by atoms with Crippen LogP contribution in [0.4, 0.5) is 5.69 Å². The van der Waals surface area contributed by atoms with Gasteiger partial charge in [-0.05, 0) is 50.9 Å². The summed E-state index contributed by atoms with van der Waals surface area (Å²) in [5.74, 6) is 0.794. The predicted molar refractivity (Wildman–Crippen MR) is 72.5 cm³/mol. The molecule has 1 aromatic rings. The first-order valence-electron chi connectivity index (χ1n) is 6.68. The first-order chi connectivity index (χ1) is 8.29. The third-order valence-electron chi connectivity index (χ3n) is 3.41. The molecule has 2 rings (SSSR count). The number of aryl methyl sites for hydroxylation is 1. The van der Waals surface area contributed by atoms with Crippen molar-refractivity contribution < 1.29 is 0 Å². The van der Waals surface area contributed by atoms with Crippen LogP contribution in [-0.4, -0.2) is 31.2 Å². The highest BCUT2D eigenvalue weighted by Gasteiger charge is 2.22. The van der Waals surface area contributed by atoms with Gasteiger partial charge < -0.3 is 10.2 Å². The van der Waals surface area contributed by atoms with E-state index in [1.165, 1.54) is 31.6 Å². The Kier molecular flexibility index (Phi) is 4.37. The van der Waals surface area contributed by atoms with E-state index in [2.05, 4.69) is 34.3 Å². The molecule has 1 aliphatic heterocycles. The third kappa shape index (κ3) is 3.43. The zero-order valence-corrected chi connectivity index (χ0v) is 10.9. The number of nitrogens with zero attached hydrogens (tertiary/aromatic N) is 2. The second kappa shape index (κ2) is 6.01. The SMILES string of the molecule is CCCNCC1CCN(c2ccc(C)nc2)C1. The van der Waals surface area contributed by atoms with Crippen molar-refractivity contribution in [2.24, 2.45) is 5.92 Å². The highest BCUT2D eigenvalue weighted by atomic mass is 15.2. The minimum atomic E-state index is 0.794. The Morgan fingerprint density at radius 3 is 3.06 bits per heavy atom. The number of anilines is 1. The van der Waals surface area contributed by atoms with Gasteiger partial charge in [-0.2, -0.15) is 0 Å². The van der Waals surface area contributed by atoms with Gasteiger partial charge in [-0.1, -0.05) is 6.92 Å². The Labute approximate surface area is 104 Å². The Bertz CT molecular complexity index is 334. The summed E-state index contributed by atoms with van der Waals surface area (Å²) in [5.41, 5.74) is 2.36. The van der Waals surface area contributed by atoms with Gasteiger partial charge in [0, 0.05) is 18.8 Å². The summed E-state index contributed by atoms with van der Waals surface area (Å²) in [4.78, 5) is 6.82. The molecule has 0 aliphatic carbocycles. The summed E-state index contributed by atoms with van der Waals surface area (Å²) in [5, 5.41) is 3.52. The Hall–Kier alpha value is -1.09. The lowest BCUT2D eigenvalue weighted by Crippen LogP contribution is -2.26. The summed E-state index contributed by atoms with van der Waals surface area (Å²) in [6.45, 7) is 8.88. The van der Waals surface area contributed by atoms with Crippen LogP contribution in [0.1, 0.15) is 25.5 Å². The van der Waals surface area contributed by atoms with E-state index < -0.39 is 0 Å². The molecule has 0 radical (unpaired) electrons. The molecule has 3 nitrogen and oxygen atoms in total. The van der Waals surface area contributed by atoms with Crippen molar-refractivity contribution in [3.05, 3.63) is 24.0 Å². The molecule has 1 N–H and O–H groups in total.